The first-order valence-corrected chi connectivity index (χ1v) is 22.8. The molecule has 2 N–H and O–H groups in total. The van der Waals surface area contributed by atoms with Crippen LogP contribution in [0.4, 0.5) is 0 Å². The number of hydrogen-bond donors (Lipinski definition) is 2. The second-order valence-corrected chi connectivity index (χ2v) is 16.1. The molecule has 0 aliphatic heterocycles. The van der Waals surface area contributed by atoms with Gasteiger partial charge in [-0.1, -0.05) is 194 Å². The molecule has 1 rings (SSSR count). The Balaban J connectivity index is 2.25. The lowest BCUT2D eigenvalue weighted by atomic mass is 10.0. The summed E-state index contributed by atoms with van der Waals surface area (Å²) in [4.78, 5) is 48.8. The number of carbonyl (C=O) groups excluding carboxylic acids is 3. The maximum atomic E-state index is 12.8. The maximum Gasteiger partial charge on any atom is 0.306 e. The minimum Gasteiger partial charge on any atom is -0.481 e. The second-order valence-electron chi connectivity index (χ2n) is 16.1. The quantitative estimate of drug-likeness (QED) is 0.0476. The van der Waals surface area contributed by atoms with Gasteiger partial charge in [0.25, 0.3) is 0 Å². The molecule has 0 heterocycles. The van der Waals surface area contributed by atoms with Gasteiger partial charge in [-0.2, -0.15) is 0 Å². The fourth-order valence-corrected chi connectivity index (χ4v) is 7.58. The lowest BCUT2D eigenvalue weighted by Crippen LogP contribution is -2.33. The van der Waals surface area contributed by atoms with Crippen molar-refractivity contribution in [1.29, 1.82) is 0 Å². The SMILES string of the molecule is CCCCCCCCCCCCCCCCCC(=O)O[C@H]1CC(NC(=O)CCC(=O)O)C[C@H]1OC(=O)CCCCCCCCCCCCCCCCC. The van der Waals surface area contributed by atoms with Crippen molar-refractivity contribution in [2.75, 3.05) is 0 Å². The molecule has 0 aromatic heterocycles. The normalized spacial score (nSPS) is 16.8. The van der Waals surface area contributed by atoms with E-state index in [1.807, 2.05) is 0 Å². The highest BCUT2D eigenvalue weighted by Gasteiger charge is 2.40. The molecule has 53 heavy (non-hydrogen) atoms. The van der Waals surface area contributed by atoms with Gasteiger partial charge in [0, 0.05) is 38.1 Å². The van der Waals surface area contributed by atoms with Crippen LogP contribution in [0.1, 0.15) is 245 Å². The molecule has 1 amide bonds. The number of carbonyl (C=O) groups is 4. The summed E-state index contributed by atoms with van der Waals surface area (Å²) in [5.74, 6) is -1.95. The molecule has 0 bridgehead atoms. The fourth-order valence-electron chi connectivity index (χ4n) is 7.58. The molecule has 1 unspecified atom stereocenters. The van der Waals surface area contributed by atoms with E-state index >= 15 is 0 Å². The van der Waals surface area contributed by atoms with E-state index in [2.05, 4.69) is 19.2 Å². The van der Waals surface area contributed by atoms with Crippen LogP contribution in [-0.4, -0.2) is 47.2 Å². The van der Waals surface area contributed by atoms with Gasteiger partial charge in [-0.3, -0.25) is 19.2 Å². The van der Waals surface area contributed by atoms with Gasteiger partial charge < -0.3 is 19.9 Å². The van der Waals surface area contributed by atoms with Gasteiger partial charge in [-0.15, -0.1) is 0 Å². The lowest BCUT2D eigenvalue weighted by molar-refractivity contribution is -0.165. The average molecular weight is 750 g/mol. The van der Waals surface area contributed by atoms with E-state index in [-0.39, 0.29) is 36.7 Å². The van der Waals surface area contributed by atoms with Gasteiger partial charge in [-0.05, 0) is 12.8 Å². The van der Waals surface area contributed by atoms with E-state index in [4.69, 9.17) is 14.6 Å². The smallest absolute Gasteiger partial charge is 0.306 e. The zero-order valence-corrected chi connectivity index (χ0v) is 34.6. The van der Waals surface area contributed by atoms with Gasteiger partial charge >= 0.3 is 17.9 Å². The molecule has 1 aliphatic carbocycles. The number of aliphatic carboxylic acids is 1. The molecule has 8 nitrogen and oxygen atoms in total. The number of amides is 1. The van der Waals surface area contributed by atoms with Crippen LogP contribution in [0.25, 0.3) is 0 Å². The van der Waals surface area contributed by atoms with Crippen LogP contribution in [-0.2, 0) is 28.7 Å². The maximum absolute atomic E-state index is 12.8. The number of nitrogens with one attached hydrogen (secondary N) is 1. The van der Waals surface area contributed by atoms with E-state index in [0.29, 0.717) is 25.7 Å². The minimum atomic E-state index is -1.03. The van der Waals surface area contributed by atoms with E-state index in [1.54, 1.807) is 0 Å². The van der Waals surface area contributed by atoms with Crippen molar-refractivity contribution in [3.63, 3.8) is 0 Å². The van der Waals surface area contributed by atoms with E-state index < -0.39 is 18.2 Å². The number of ether oxygens (including phenoxy) is 2. The minimum absolute atomic E-state index is 0.112. The van der Waals surface area contributed by atoms with Gasteiger partial charge in [-0.25, -0.2) is 0 Å². The van der Waals surface area contributed by atoms with E-state index in [9.17, 15) is 19.2 Å². The first-order valence-electron chi connectivity index (χ1n) is 22.8. The molecule has 1 fully saturated rings. The third kappa shape index (κ3) is 30.9. The highest BCUT2D eigenvalue weighted by molar-refractivity contribution is 5.80. The largest absolute Gasteiger partial charge is 0.481 e. The van der Waals surface area contributed by atoms with Crippen molar-refractivity contribution < 1.29 is 33.8 Å². The first-order chi connectivity index (χ1) is 25.8. The Morgan fingerprint density at radius 3 is 1.00 bits per heavy atom. The standard InChI is InChI=1S/C45H83NO7/c1-3-5-7-9-11-13-15-17-19-21-23-25-27-29-31-33-44(50)52-40-37-39(46-42(47)35-36-43(48)49)38-41(40)53-45(51)34-32-30-28-26-24-22-20-18-16-14-12-10-8-6-4-2/h39-41H,3-38H2,1-2H3,(H,46,47)(H,48,49)/t39?,40-,41+. The summed E-state index contributed by atoms with van der Waals surface area (Å²) < 4.78 is 11.6. The molecule has 1 aliphatic rings. The highest BCUT2D eigenvalue weighted by Crippen LogP contribution is 2.28. The van der Waals surface area contributed by atoms with E-state index in [1.165, 1.54) is 154 Å². The van der Waals surface area contributed by atoms with Gasteiger partial charge in [0.2, 0.25) is 5.91 Å². The van der Waals surface area contributed by atoms with Crippen molar-refractivity contribution in [1.82, 2.24) is 5.32 Å². The zero-order valence-electron chi connectivity index (χ0n) is 34.6. The second kappa shape index (κ2) is 35.6. The van der Waals surface area contributed by atoms with Crippen molar-refractivity contribution in [2.24, 2.45) is 0 Å². The fraction of sp³-hybridized carbons (Fsp3) is 0.911. The number of carboxylic acids is 1. The molecule has 310 valence electrons. The molecular formula is C45H83NO7. The molecule has 3 atom stereocenters. The monoisotopic (exact) mass is 750 g/mol. The van der Waals surface area contributed by atoms with Gasteiger partial charge in [0.05, 0.1) is 6.42 Å². The number of carboxylic acid groups (broad SMARTS) is 1. The summed E-state index contributed by atoms with van der Waals surface area (Å²) in [5, 5.41) is 11.8. The van der Waals surface area contributed by atoms with Crippen LogP contribution in [0.3, 0.4) is 0 Å². The Kier molecular flexibility index (Phi) is 32.8. The molecule has 8 heteroatoms. The number of rotatable bonds is 38. The number of esters is 2. The number of unbranched alkanes of at least 4 members (excludes halogenated alkanes) is 28. The third-order valence-corrected chi connectivity index (χ3v) is 10.9. The Hall–Kier alpha value is -2.12. The molecule has 0 radical (unpaired) electrons. The molecule has 0 spiro atoms. The highest BCUT2D eigenvalue weighted by atomic mass is 16.6. The Morgan fingerprint density at radius 2 is 0.717 bits per heavy atom. The predicted octanol–water partition coefficient (Wildman–Crippen LogP) is 12.5. The van der Waals surface area contributed by atoms with Gasteiger partial charge in [0.1, 0.15) is 12.2 Å². The van der Waals surface area contributed by atoms with Crippen molar-refractivity contribution in [3.05, 3.63) is 0 Å². The summed E-state index contributed by atoms with van der Waals surface area (Å²) in [6, 6.07) is -0.330. The molecule has 0 saturated heterocycles. The summed E-state index contributed by atoms with van der Waals surface area (Å²) in [6.45, 7) is 4.53. The first kappa shape index (κ1) is 48.9. The topological polar surface area (TPSA) is 119 Å². The molecular weight excluding hydrogens is 666 g/mol. The predicted molar refractivity (Wildman–Crippen MR) is 217 cm³/mol. The summed E-state index contributed by atoms with van der Waals surface area (Å²) >= 11 is 0. The zero-order chi connectivity index (χ0) is 38.6. The van der Waals surface area contributed by atoms with Crippen LogP contribution in [0.2, 0.25) is 0 Å². The third-order valence-electron chi connectivity index (χ3n) is 10.9. The van der Waals surface area contributed by atoms with E-state index in [0.717, 1.165) is 38.5 Å². The van der Waals surface area contributed by atoms with Crippen LogP contribution >= 0.6 is 0 Å². The molecule has 1 saturated carbocycles. The Morgan fingerprint density at radius 1 is 0.434 bits per heavy atom. The van der Waals surface area contributed by atoms with Crippen molar-refractivity contribution in [2.45, 2.75) is 263 Å². The van der Waals surface area contributed by atoms with Crippen LogP contribution in [0.15, 0.2) is 0 Å². The number of hydrogen-bond acceptors (Lipinski definition) is 6. The Bertz CT molecular complexity index is 853. The summed E-state index contributed by atoms with van der Waals surface area (Å²) in [5.41, 5.74) is 0. The lowest BCUT2D eigenvalue weighted by Gasteiger charge is -2.20. The van der Waals surface area contributed by atoms with Gasteiger partial charge in [0.15, 0.2) is 0 Å². The summed E-state index contributed by atoms with van der Waals surface area (Å²) in [7, 11) is 0. The van der Waals surface area contributed by atoms with Crippen LogP contribution < -0.4 is 5.32 Å². The van der Waals surface area contributed by atoms with Crippen LogP contribution in [0, 0.1) is 0 Å². The van der Waals surface area contributed by atoms with Crippen LogP contribution in [0.5, 0.6) is 0 Å². The summed E-state index contributed by atoms with van der Waals surface area (Å²) in [6.07, 6.45) is 37.7. The Labute approximate surface area is 325 Å². The molecule has 0 aromatic rings. The molecule has 0 aromatic carbocycles. The van der Waals surface area contributed by atoms with Crippen molar-refractivity contribution >= 4 is 23.8 Å². The average Bonchev–Trinajstić information content (AvgIpc) is 3.49. The van der Waals surface area contributed by atoms with Crippen molar-refractivity contribution in [3.8, 4) is 0 Å².